The van der Waals surface area contributed by atoms with E-state index in [1.807, 2.05) is 0 Å². The lowest BCUT2D eigenvalue weighted by molar-refractivity contribution is -0.113. The number of benzene rings is 1. The Kier molecular flexibility index (Phi) is 4.85. The number of halogens is 1. The van der Waals surface area contributed by atoms with Crippen molar-refractivity contribution in [2.45, 2.75) is 26.4 Å². The number of carbonyl (C=O) groups excluding carboxylic acids is 2. The highest BCUT2D eigenvalue weighted by Crippen LogP contribution is 2.18. The van der Waals surface area contributed by atoms with Gasteiger partial charge in [0.25, 0.3) is 0 Å². The molecule has 0 aliphatic heterocycles. The smallest absolute Gasteiger partial charge is 0.412 e. The molecule has 0 aliphatic carbocycles. The number of ether oxygens (including phenoxy) is 1. The SMILES string of the molecule is CC(C)(C)OC(=O)Nc1ccc(C=CC(N)=O)cc1F. The Labute approximate surface area is 116 Å². The summed E-state index contributed by atoms with van der Waals surface area (Å²) in [7, 11) is 0. The van der Waals surface area contributed by atoms with E-state index in [9.17, 15) is 14.0 Å². The van der Waals surface area contributed by atoms with Gasteiger partial charge in [-0.2, -0.15) is 0 Å². The zero-order valence-electron chi connectivity index (χ0n) is 11.6. The molecule has 0 unspecified atom stereocenters. The van der Waals surface area contributed by atoms with Gasteiger partial charge in [-0.05, 0) is 44.5 Å². The Morgan fingerprint density at radius 2 is 2.00 bits per heavy atom. The van der Waals surface area contributed by atoms with Crippen LogP contribution >= 0.6 is 0 Å². The van der Waals surface area contributed by atoms with Gasteiger partial charge in [-0.15, -0.1) is 0 Å². The quantitative estimate of drug-likeness (QED) is 0.835. The maximum absolute atomic E-state index is 13.7. The lowest BCUT2D eigenvalue weighted by Crippen LogP contribution is -2.27. The predicted molar refractivity (Wildman–Crippen MR) is 74.5 cm³/mol. The average molecular weight is 280 g/mol. The van der Waals surface area contributed by atoms with Crippen molar-refractivity contribution in [2.75, 3.05) is 5.32 Å². The predicted octanol–water partition coefficient (Wildman–Crippen LogP) is 2.67. The van der Waals surface area contributed by atoms with E-state index in [1.165, 1.54) is 24.3 Å². The van der Waals surface area contributed by atoms with Gasteiger partial charge in [-0.25, -0.2) is 9.18 Å². The van der Waals surface area contributed by atoms with Crippen LogP contribution < -0.4 is 11.1 Å². The molecule has 3 N–H and O–H groups in total. The van der Waals surface area contributed by atoms with E-state index in [2.05, 4.69) is 5.32 Å². The third kappa shape index (κ3) is 5.51. The van der Waals surface area contributed by atoms with Gasteiger partial charge in [-0.1, -0.05) is 6.07 Å². The van der Waals surface area contributed by atoms with Crippen molar-refractivity contribution in [3.8, 4) is 0 Å². The fourth-order valence-corrected chi connectivity index (χ4v) is 1.33. The van der Waals surface area contributed by atoms with Gasteiger partial charge in [0.1, 0.15) is 11.4 Å². The summed E-state index contributed by atoms with van der Waals surface area (Å²) in [6.45, 7) is 5.13. The minimum atomic E-state index is -0.739. The highest BCUT2D eigenvalue weighted by molar-refractivity contribution is 5.90. The van der Waals surface area contributed by atoms with Crippen LogP contribution in [0.5, 0.6) is 0 Å². The van der Waals surface area contributed by atoms with Crippen LogP contribution in [0.2, 0.25) is 0 Å². The number of anilines is 1. The van der Waals surface area contributed by atoms with Gasteiger partial charge in [0.2, 0.25) is 5.91 Å². The number of amides is 2. The second-order valence-electron chi connectivity index (χ2n) is 5.10. The maximum atomic E-state index is 13.7. The Balaban J connectivity index is 2.78. The Hall–Kier alpha value is -2.37. The summed E-state index contributed by atoms with van der Waals surface area (Å²) in [5.41, 5.74) is 4.73. The molecular formula is C14H17FN2O3. The number of nitrogens with two attached hydrogens (primary N) is 1. The van der Waals surface area contributed by atoms with Crippen molar-refractivity contribution in [1.29, 1.82) is 0 Å². The second kappa shape index (κ2) is 6.18. The van der Waals surface area contributed by atoms with E-state index >= 15 is 0 Å². The zero-order valence-corrected chi connectivity index (χ0v) is 11.6. The largest absolute Gasteiger partial charge is 0.444 e. The van der Waals surface area contributed by atoms with Crippen LogP contribution in [-0.2, 0) is 9.53 Å². The van der Waals surface area contributed by atoms with Gasteiger partial charge < -0.3 is 10.5 Å². The summed E-state index contributed by atoms with van der Waals surface area (Å²) in [5.74, 6) is -1.26. The average Bonchev–Trinajstić information content (AvgIpc) is 2.27. The van der Waals surface area contributed by atoms with E-state index in [-0.39, 0.29) is 5.69 Å². The molecule has 0 aromatic heterocycles. The summed E-state index contributed by atoms with van der Waals surface area (Å²) in [6.07, 6.45) is 1.76. The van der Waals surface area contributed by atoms with Crippen molar-refractivity contribution >= 4 is 23.8 Å². The first-order valence-corrected chi connectivity index (χ1v) is 5.94. The number of hydrogen-bond acceptors (Lipinski definition) is 3. The molecular weight excluding hydrogens is 263 g/mol. The molecule has 0 aliphatic rings. The minimum Gasteiger partial charge on any atom is -0.444 e. The molecule has 0 atom stereocenters. The molecule has 1 aromatic rings. The standard InChI is InChI=1S/C14H17FN2O3/c1-14(2,3)20-13(19)17-11-6-4-9(8-10(11)15)5-7-12(16)18/h4-8H,1-3H3,(H2,16,18)(H,17,19). The third-order valence-corrected chi connectivity index (χ3v) is 2.07. The molecule has 0 saturated carbocycles. The molecule has 108 valence electrons. The molecule has 1 rings (SSSR count). The number of rotatable bonds is 3. The molecule has 2 amide bonds. The van der Waals surface area contributed by atoms with Gasteiger partial charge in [-0.3, -0.25) is 10.1 Å². The summed E-state index contributed by atoms with van der Waals surface area (Å²) in [6, 6.07) is 4.08. The molecule has 5 nitrogen and oxygen atoms in total. The fourth-order valence-electron chi connectivity index (χ4n) is 1.33. The first-order chi connectivity index (χ1) is 9.17. The van der Waals surface area contributed by atoms with Gasteiger partial charge in [0.15, 0.2) is 0 Å². The Bertz CT molecular complexity index is 548. The monoisotopic (exact) mass is 280 g/mol. The Morgan fingerprint density at radius 3 is 2.50 bits per heavy atom. The van der Waals surface area contributed by atoms with E-state index in [1.54, 1.807) is 20.8 Å². The van der Waals surface area contributed by atoms with Crippen LogP contribution in [0, 0.1) is 5.82 Å². The van der Waals surface area contributed by atoms with Crippen molar-refractivity contribution in [1.82, 2.24) is 0 Å². The molecule has 1 aromatic carbocycles. The first kappa shape index (κ1) is 15.7. The van der Waals surface area contributed by atoms with E-state index in [4.69, 9.17) is 10.5 Å². The molecule has 0 heterocycles. The van der Waals surface area contributed by atoms with E-state index in [0.717, 1.165) is 6.08 Å². The van der Waals surface area contributed by atoms with Crippen molar-refractivity contribution in [2.24, 2.45) is 5.73 Å². The number of primary amides is 1. The van der Waals surface area contributed by atoms with Crippen LogP contribution in [0.4, 0.5) is 14.9 Å². The van der Waals surface area contributed by atoms with Gasteiger partial charge in [0.05, 0.1) is 5.69 Å². The number of carbonyl (C=O) groups is 2. The normalized spacial score (nSPS) is 11.4. The number of hydrogen-bond donors (Lipinski definition) is 2. The van der Waals surface area contributed by atoms with Crippen LogP contribution in [0.3, 0.4) is 0 Å². The third-order valence-electron chi connectivity index (χ3n) is 2.07. The highest BCUT2D eigenvalue weighted by Gasteiger charge is 2.17. The van der Waals surface area contributed by atoms with Crippen LogP contribution in [0.1, 0.15) is 26.3 Å². The first-order valence-electron chi connectivity index (χ1n) is 5.94. The molecule has 0 fully saturated rings. The molecule has 0 radical (unpaired) electrons. The molecule has 0 spiro atoms. The summed E-state index contributed by atoms with van der Waals surface area (Å²) < 4.78 is 18.8. The van der Waals surface area contributed by atoms with Crippen molar-refractivity contribution < 1.29 is 18.7 Å². The molecule has 0 saturated heterocycles. The number of nitrogens with one attached hydrogen (secondary N) is 1. The maximum Gasteiger partial charge on any atom is 0.412 e. The lowest BCUT2D eigenvalue weighted by atomic mass is 10.2. The highest BCUT2D eigenvalue weighted by atomic mass is 19.1. The summed E-state index contributed by atoms with van der Waals surface area (Å²) in [5, 5.41) is 2.31. The van der Waals surface area contributed by atoms with Crippen molar-refractivity contribution in [3.63, 3.8) is 0 Å². The van der Waals surface area contributed by atoms with Gasteiger partial charge >= 0.3 is 6.09 Å². The summed E-state index contributed by atoms with van der Waals surface area (Å²) >= 11 is 0. The lowest BCUT2D eigenvalue weighted by Gasteiger charge is -2.19. The zero-order chi connectivity index (χ0) is 15.3. The fraction of sp³-hybridized carbons (Fsp3) is 0.286. The minimum absolute atomic E-state index is 0.00419. The summed E-state index contributed by atoms with van der Waals surface area (Å²) in [4.78, 5) is 22.1. The second-order valence-corrected chi connectivity index (χ2v) is 5.10. The van der Waals surface area contributed by atoms with Crippen molar-refractivity contribution in [3.05, 3.63) is 35.7 Å². The molecule has 20 heavy (non-hydrogen) atoms. The van der Waals surface area contributed by atoms with Gasteiger partial charge in [0, 0.05) is 6.08 Å². The van der Waals surface area contributed by atoms with E-state index < -0.39 is 23.4 Å². The Morgan fingerprint density at radius 1 is 1.35 bits per heavy atom. The topological polar surface area (TPSA) is 81.4 Å². The molecule has 0 bridgehead atoms. The van der Waals surface area contributed by atoms with Crippen LogP contribution in [-0.4, -0.2) is 17.6 Å². The van der Waals surface area contributed by atoms with E-state index in [0.29, 0.717) is 5.56 Å². The molecule has 6 heteroatoms. The van der Waals surface area contributed by atoms with Crippen LogP contribution in [0.15, 0.2) is 24.3 Å². The van der Waals surface area contributed by atoms with Crippen LogP contribution in [0.25, 0.3) is 6.08 Å².